The summed E-state index contributed by atoms with van der Waals surface area (Å²) in [4.78, 5) is 4.23. The van der Waals surface area contributed by atoms with E-state index >= 15 is 0 Å². The molecule has 1 N–H and O–H groups in total. The second-order valence-electron chi connectivity index (χ2n) is 5.18. The van der Waals surface area contributed by atoms with Crippen LogP contribution in [0.15, 0.2) is 41.6 Å². The lowest BCUT2D eigenvalue weighted by molar-refractivity contribution is 0.502. The first-order valence-electron chi connectivity index (χ1n) is 7.40. The van der Waals surface area contributed by atoms with Crippen molar-refractivity contribution in [1.82, 2.24) is 19.9 Å². The molecule has 21 heavy (non-hydrogen) atoms. The van der Waals surface area contributed by atoms with Crippen molar-refractivity contribution in [3.8, 4) is 0 Å². The van der Waals surface area contributed by atoms with Crippen molar-refractivity contribution >= 4 is 16.9 Å². The third-order valence-electron chi connectivity index (χ3n) is 3.67. The van der Waals surface area contributed by atoms with Crippen molar-refractivity contribution < 1.29 is 0 Å². The first-order valence-corrected chi connectivity index (χ1v) is 8.34. The highest BCUT2D eigenvalue weighted by Gasteiger charge is 2.16. The predicted octanol–water partition coefficient (Wildman–Crippen LogP) is 3.46. The van der Waals surface area contributed by atoms with Gasteiger partial charge in [-0.05, 0) is 48.2 Å². The number of aromatic nitrogens is 3. The monoisotopic (exact) mass is 300 g/mol. The highest BCUT2D eigenvalue weighted by atomic mass is 32.1. The Labute approximate surface area is 128 Å². The van der Waals surface area contributed by atoms with Crippen LogP contribution in [0.1, 0.15) is 36.9 Å². The lowest BCUT2D eigenvalue weighted by atomic mass is 10.0. The molecule has 0 aliphatic heterocycles. The van der Waals surface area contributed by atoms with Gasteiger partial charge < -0.3 is 5.32 Å². The van der Waals surface area contributed by atoms with Crippen LogP contribution in [-0.4, -0.2) is 21.1 Å². The average Bonchev–Trinajstić information content (AvgIpc) is 3.17. The summed E-state index contributed by atoms with van der Waals surface area (Å²) < 4.78 is 1.90. The van der Waals surface area contributed by atoms with Gasteiger partial charge in [-0.2, -0.15) is 16.4 Å². The Hall–Kier alpha value is -1.72. The van der Waals surface area contributed by atoms with Gasteiger partial charge in [0, 0.05) is 24.0 Å². The Balaban J connectivity index is 1.80. The van der Waals surface area contributed by atoms with Crippen LogP contribution in [-0.2, 0) is 6.42 Å². The maximum absolute atomic E-state index is 4.43. The van der Waals surface area contributed by atoms with E-state index in [0.29, 0.717) is 6.04 Å². The number of rotatable bonds is 7. The number of aryl methyl sites for hydroxylation is 1. The second kappa shape index (κ2) is 6.83. The van der Waals surface area contributed by atoms with Crippen LogP contribution in [0.3, 0.4) is 0 Å². The minimum Gasteiger partial charge on any atom is -0.310 e. The van der Waals surface area contributed by atoms with E-state index < -0.39 is 0 Å². The van der Waals surface area contributed by atoms with Crippen molar-refractivity contribution in [3.63, 3.8) is 0 Å². The maximum atomic E-state index is 4.43. The summed E-state index contributed by atoms with van der Waals surface area (Å²) in [5.74, 6) is 0. The summed E-state index contributed by atoms with van der Waals surface area (Å²) in [7, 11) is 0. The van der Waals surface area contributed by atoms with Crippen molar-refractivity contribution in [3.05, 3.63) is 52.7 Å². The minimum absolute atomic E-state index is 0.326. The smallest absolute Gasteiger partial charge is 0.0892 e. The first-order chi connectivity index (χ1) is 10.4. The van der Waals surface area contributed by atoms with Gasteiger partial charge in [0.1, 0.15) is 0 Å². The summed E-state index contributed by atoms with van der Waals surface area (Å²) in [5.41, 5.74) is 3.75. The van der Waals surface area contributed by atoms with E-state index in [2.05, 4.69) is 39.1 Å². The largest absolute Gasteiger partial charge is 0.310 e. The highest BCUT2D eigenvalue weighted by Crippen LogP contribution is 2.23. The lowest BCUT2D eigenvalue weighted by Crippen LogP contribution is -2.22. The Bertz CT molecular complexity index is 674. The zero-order chi connectivity index (χ0) is 14.5. The fraction of sp³-hybridized carbons (Fsp3) is 0.375. The molecule has 5 heteroatoms. The number of hydrogen-bond acceptors (Lipinski definition) is 4. The van der Waals surface area contributed by atoms with E-state index in [0.717, 1.165) is 31.3 Å². The molecule has 0 bridgehead atoms. The number of nitrogens with one attached hydrogen (secondary N) is 1. The van der Waals surface area contributed by atoms with E-state index in [-0.39, 0.29) is 0 Å². The van der Waals surface area contributed by atoms with Crippen LogP contribution in [0.4, 0.5) is 0 Å². The maximum Gasteiger partial charge on any atom is 0.0892 e. The van der Waals surface area contributed by atoms with Crippen LogP contribution in [0.5, 0.6) is 0 Å². The van der Waals surface area contributed by atoms with E-state index in [4.69, 9.17) is 0 Å². The van der Waals surface area contributed by atoms with Gasteiger partial charge in [-0.3, -0.25) is 4.98 Å². The SMILES string of the molecule is CCCNC(CCc1ccsc1)c1cnn2ccncc12. The van der Waals surface area contributed by atoms with Crippen LogP contribution in [0, 0.1) is 0 Å². The van der Waals surface area contributed by atoms with Gasteiger partial charge in [0.2, 0.25) is 0 Å². The molecule has 0 saturated carbocycles. The average molecular weight is 300 g/mol. The Morgan fingerprint density at radius 1 is 1.38 bits per heavy atom. The summed E-state index contributed by atoms with van der Waals surface area (Å²) in [6, 6.07) is 2.53. The Kier molecular flexibility index (Phi) is 4.62. The molecule has 0 aliphatic rings. The van der Waals surface area contributed by atoms with Crippen LogP contribution < -0.4 is 5.32 Å². The molecule has 0 amide bonds. The van der Waals surface area contributed by atoms with E-state index in [9.17, 15) is 0 Å². The standard InChI is InChI=1S/C16H20N4S/c1-2-6-18-15(4-3-13-5-9-21-12-13)14-10-19-20-8-7-17-11-16(14)20/h5,7-12,15,18H,2-4,6H2,1H3. The molecule has 0 aromatic carbocycles. The van der Waals surface area contributed by atoms with Gasteiger partial charge in [-0.1, -0.05) is 6.92 Å². The molecule has 0 radical (unpaired) electrons. The number of fused-ring (bicyclic) bond motifs is 1. The summed E-state index contributed by atoms with van der Waals surface area (Å²) >= 11 is 1.76. The number of hydrogen-bond donors (Lipinski definition) is 1. The molecule has 0 spiro atoms. The fourth-order valence-corrected chi connectivity index (χ4v) is 3.26. The van der Waals surface area contributed by atoms with Gasteiger partial charge in [-0.15, -0.1) is 0 Å². The molecule has 0 saturated heterocycles. The molecule has 0 fully saturated rings. The van der Waals surface area contributed by atoms with Crippen molar-refractivity contribution in [1.29, 1.82) is 0 Å². The molecule has 1 atom stereocenters. The van der Waals surface area contributed by atoms with Crippen molar-refractivity contribution in [2.24, 2.45) is 0 Å². The predicted molar refractivity (Wildman–Crippen MR) is 86.7 cm³/mol. The molecule has 3 aromatic rings. The lowest BCUT2D eigenvalue weighted by Gasteiger charge is -2.17. The normalized spacial score (nSPS) is 12.8. The fourth-order valence-electron chi connectivity index (χ4n) is 2.55. The Morgan fingerprint density at radius 2 is 2.33 bits per heavy atom. The van der Waals surface area contributed by atoms with Gasteiger partial charge in [-0.25, -0.2) is 4.52 Å². The van der Waals surface area contributed by atoms with Crippen molar-refractivity contribution in [2.75, 3.05) is 6.54 Å². The molecule has 110 valence electrons. The zero-order valence-corrected chi connectivity index (χ0v) is 13.0. The third-order valence-corrected chi connectivity index (χ3v) is 4.40. The molecular weight excluding hydrogens is 280 g/mol. The molecular formula is C16H20N4S. The van der Waals surface area contributed by atoms with Gasteiger partial charge in [0.05, 0.1) is 17.9 Å². The van der Waals surface area contributed by atoms with Crippen LogP contribution in [0.2, 0.25) is 0 Å². The third kappa shape index (κ3) is 3.31. The highest BCUT2D eigenvalue weighted by molar-refractivity contribution is 7.07. The molecule has 1 unspecified atom stereocenters. The van der Waals surface area contributed by atoms with Crippen LogP contribution in [0.25, 0.3) is 5.52 Å². The topological polar surface area (TPSA) is 42.2 Å². The van der Waals surface area contributed by atoms with E-state index in [1.165, 1.54) is 11.1 Å². The summed E-state index contributed by atoms with van der Waals surface area (Å²) in [5, 5.41) is 12.5. The molecule has 4 nitrogen and oxygen atoms in total. The number of nitrogens with zero attached hydrogens (tertiary/aromatic N) is 3. The quantitative estimate of drug-likeness (QED) is 0.726. The summed E-state index contributed by atoms with van der Waals surface area (Å²) in [6.07, 6.45) is 10.8. The minimum atomic E-state index is 0.326. The molecule has 3 aromatic heterocycles. The van der Waals surface area contributed by atoms with E-state index in [1.54, 1.807) is 17.5 Å². The van der Waals surface area contributed by atoms with Gasteiger partial charge >= 0.3 is 0 Å². The molecule has 3 heterocycles. The molecule has 3 rings (SSSR count). The number of thiophene rings is 1. The van der Waals surface area contributed by atoms with Gasteiger partial charge in [0.15, 0.2) is 0 Å². The van der Waals surface area contributed by atoms with Crippen molar-refractivity contribution in [2.45, 2.75) is 32.2 Å². The molecule has 0 aliphatic carbocycles. The summed E-state index contributed by atoms with van der Waals surface area (Å²) in [6.45, 7) is 3.21. The zero-order valence-electron chi connectivity index (χ0n) is 12.2. The Morgan fingerprint density at radius 3 is 3.14 bits per heavy atom. The van der Waals surface area contributed by atoms with E-state index in [1.807, 2.05) is 23.1 Å². The first kappa shape index (κ1) is 14.2. The second-order valence-corrected chi connectivity index (χ2v) is 5.96. The van der Waals surface area contributed by atoms with Crippen LogP contribution >= 0.6 is 11.3 Å². The van der Waals surface area contributed by atoms with Gasteiger partial charge in [0.25, 0.3) is 0 Å².